The van der Waals surface area contributed by atoms with E-state index in [4.69, 9.17) is 10.2 Å². The van der Waals surface area contributed by atoms with Crippen molar-refractivity contribution in [2.45, 2.75) is 0 Å². The minimum Gasteiger partial charge on any atom is -0.478 e. The number of carbonyl (C=O) groups is 2. The monoisotopic (exact) mass is 580 g/mol. The average molecular weight is 580 g/mol. The van der Waals surface area contributed by atoms with E-state index < -0.39 is 11.9 Å². The second kappa shape index (κ2) is 15.9. The Balaban J connectivity index is -0.000000411. The molecular formula is C20H23N3O5Pt. The first kappa shape index (κ1) is 30.6. The Morgan fingerprint density at radius 2 is 1.03 bits per heavy atom. The van der Waals surface area contributed by atoms with Crippen molar-refractivity contribution in [3.63, 3.8) is 0 Å². The molecule has 0 amide bonds. The summed E-state index contributed by atoms with van der Waals surface area (Å²) in [4.78, 5) is 29.2. The number of aromatic carboxylic acids is 2. The van der Waals surface area contributed by atoms with E-state index in [9.17, 15) is 9.59 Å². The second-order valence-corrected chi connectivity index (χ2v) is 4.71. The predicted molar refractivity (Wildman–Crippen MR) is 109 cm³/mol. The summed E-state index contributed by atoms with van der Waals surface area (Å²) in [6, 6.07) is 16.9. The molecular weight excluding hydrogens is 557 g/mol. The van der Waals surface area contributed by atoms with Crippen LogP contribution in [-0.2, 0) is 21.1 Å². The van der Waals surface area contributed by atoms with E-state index in [2.05, 4.69) is 15.3 Å². The van der Waals surface area contributed by atoms with Gasteiger partial charge >= 0.3 is 33.0 Å². The largest absolute Gasteiger partial charge is 2.00 e. The number of hydrogen-bond donors (Lipinski definition) is 3. The molecule has 0 aliphatic carbocycles. The first-order chi connectivity index (χ1) is 12.1. The number of aromatic nitrogens is 2. The molecule has 158 valence electrons. The van der Waals surface area contributed by atoms with Crippen LogP contribution in [0.2, 0.25) is 0 Å². The zero-order chi connectivity index (χ0) is 18.1. The van der Waals surface area contributed by atoms with Crippen LogP contribution in [0, 0.1) is 14.9 Å². The van der Waals surface area contributed by atoms with E-state index in [1.807, 2.05) is 36.4 Å². The van der Waals surface area contributed by atoms with Gasteiger partial charge in [0.05, 0.1) is 11.1 Å². The van der Waals surface area contributed by atoms with Crippen LogP contribution in [0.25, 0.3) is 0 Å². The van der Waals surface area contributed by atoms with Crippen molar-refractivity contribution in [3.8, 4) is 0 Å². The summed E-state index contributed by atoms with van der Waals surface area (Å²) in [5.41, 5.74) is -0.380. The maximum atomic E-state index is 10.5. The van der Waals surface area contributed by atoms with Gasteiger partial charge in [-0.2, -0.15) is 0 Å². The van der Waals surface area contributed by atoms with Crippen LogP contribution in [0.5, 0.6) is 0 Å². The molecule has 9 heteroatoms. The van der Waals surface area contributed by atoms with Crippen LogP contribution in [0.4, 0.5) is 11.6 Å². The van der Waals surface area contributed by atoms with Crippen LogP contribution >= 0.6 is 0 Å². The molecule has 0 saturated heterocycles. The quantitative estimate of drug-likeness (QED) is 0.402. The van der Waals surface area contributed by atoms with Gasteiger partial charge in [-0.1, -0.05) is 24.3 Å². The van der Waals surface area contributed by atoms with Crippen molar-refractivity contribution in [3.05, 3.63) is 99.0 Å². The molecule has 0 atom stereocenters. The van der Waals surface area contributed by atoms with Gasteiger partial charge in [0.2, 0.25) is 0 Å². The standard InChI is InChI=1S/C10H9N3.C8H6O4.2CH3.H2O.Pt/c1-3-7-11-9(5-1)13-10-6-2-4-8-12-10;9-7(10)5-3-1-2-4-6(5)8(11)12;;;;/h1-8H,(H,11,12,13);1-4H,(H,9,10)(H,11,12);2*1H3;1H2;/q;;2*-1;;+2. The van der Waals surface area contributed by atoms with Gasteiger partial charge in [0.25, 0.3) is 0 Å². The molecule has 0 aliphatic heterocycles. The number of hydrogen-bond acceptors (Lipinski definition) is 5. The van der Waals surface area contributed by atoms with Crippen LogP contribution in [0.15, 0.2) is 73.1 Å². The Bertz CT molecular complexity index is 779. The third kappa shape index (κ3) is 10.1. The van der Waals surface area contributed by atoms with Crippen molar-refractivity contribution in [1.29, 1.82) is 0 Å². The molecule has 8 nitrogen and oxygen atoms in total. The maximum absolute atomic E-state index is 10.5. The molecule has 0 saturated carbocycles. The molecule has 0 spiro atoms. The normalized spacial score (nSPS) is 8.14. The minimum atomic E-state index is -1.23. The zero-order valence-corrected chi connectivity index (χ0v) is 18.1. The van der Waals surface area contributed by atoms with Crippen molar-refractivity contribution in [1.82, 2.24) is 9.97 Å². The summed E-state index contributed by atoms with van der Waals surface area (Å²) in [7, 11) is 0. The first-order valence-electron chi connectivity index (χ1n) is 7.22. The van der Waals surface area contributed by atoms with Crippen LogP contribution < -0.4 is 5.32 Å². The second-order valence-electron chi connectivity index (χ2n) is 4.71. The summed E-state index contributed by atoms with van der Waals surface area (Å²) in [5.74, 6) is -0.844. The number of carboxylic acids is 2. The number of carboxylic acid groups (broad SMARTS) is 2. The summed E-state index contributed by atoms with van der Waals surface area (Å²) in [6.45, 7) is 0. The van der Waals surface area contributed by atoms with Gasteiger partial charge < -0.3 is 35.9 Å². The van der Waals surface area contributed by atoms with E-state index >= 15 is 0 Å². The van der Waals surface area contributed by atoms with Crippen molar-refractivity contribution in [2.75, 3.05) is 5.32 Å². The van der Waals surface area contributed by atoms with E-state index in [1.165, 1.54) is 24.3 Å². The zero-order valence-electron chi connectivity index (χ0n) is 15.8. The number of benzene rings is 1. The smallest absolute Gasteiger partial charge is 0.478 e. The summed E-state index contributed by atoms with van der Waals surface area (Å²) in [6.07, 6.45) is 3.48. The number of anilines is 2. The SMILES string of the molecule is O.O=C(O)c1ccccc1C(=O)O.[CH3-].[CH3-].[Pt+2].c1ccc(Nc2ccccn2)nc1. The van der Waals surface area contributed by atoms with E-state index in [0.29, 0.717) is 0 Å². The molecule has 0 bridgehead atoms. The van der Waals surface area contributed by atoms with Crippen molar-refractivity contribution in [2.24, 2.45) is 0 Å². The summed E-state index contributed by atoms with van der Waals surface area (Å²) < 4.78 is 0. The number of nitrogens with one attached hydrogen (secondary N) is 1. The third-order valence-corrected chi connectivity index (χ3v) is 2.97. The fourth-order valence-corrected chi connectivity index (χ4v) is 1.86. The number of rotatable bonds is 4. The Labute approximate surface area is 184 Å². The molecule has 1 aromatic carbocycles. The maximum Gasteiger partial charge on any atom is 2.00 e. The first-order valence-corrected chi connectivity index (χ1v) is 7.22. The van der Waals surface area contributed by atoms with E-state index in [1.54, 1.807) is 12.4 Å². The van der Waals surface area contributed by atoms with Gasteiger partial charge in [-0.25, -0.2) is 19.6 Å². The third-order valence-electron chi connectivity index (χ3n) is 2.97. The van der Waals surface area contributed by atoms with Crippen LogP contribution in [0.3, 0.4) is 0 Å². The topological polar surface area (TPSA) is 144 Å². The summed E-state index contributed by atoms with van der Waals surface area (Å²) >= 11 is 0. The molecule has 3 rings (SSSR count). The molecule has 29 heavy (non-hydrogen) atoms. The Kier molecular flexibility index (Phi) is 16.8. The molecule has 0 radical (unpaired) electrons. The Hall–Kier alpha value is -3.09. The van der Waals surface area contributed by atoms with E-state index in [0.717, 1.165) is 11.6 Å². The number of nitrogens with zero attached hydrogens (tertiary/aromatic N) is 2. The van der Waals surface area contributed by atoms with Gasteiger partial charge in [0.15, 0.2) is 0 Å². The van der Waals surface area contributed by atoms with Crippen molar-refractivity contribution < 1.29 is 46.3 Å². The van der Waals surface area contributed by atoms with Gasteiger partial charge in [0.1, 0.15) is 11.6 Å². The fourth-order valence-electron chi connectivity index (χ4n) is 1.86. The van der Waals surface area contributed by atoms with Gasteiger partial charge in [-0.3, -0.25) is 0 Å². The van der Waals surface area contributed by atoms with Crippen LogP contribution in [-0.4, -0.2) is 37.6 Å². The molecule has 0 fully saturated rings. The molecule has 2 aromatic heterocycles. The molecule has 0 unspecified atom stereocenters. The Morgan fingerprint density at radius 3 is 1.31 bits per heavy atom. The molecule has 3 aromatic rings. The van der Waals surface area contributed by atoms with Gasteiger partial charge in [0, 0.05) is 12.4 Å². The van der Waals surface area contributed by atoms with Crippen molar-refractivity contribution >= 4 is 23.6 Å². The van der Waals surface area contributed by atoms with Gasteiger partial charge in [-0.05, 0) is 36.4 Å². The van der Waals surface area contributed by atoms with E-state index in [-0.39, 0.29) is 52.5 Å². The molecule has 5 N–H and O–H groups in total. The van der Waals surface area contributed by atoms with Crippen LogP contribution in [0.1, 0.15) is 20.7 Å². The minimum absolute atomic E-state index is 0. The van der Waals surface area contributed by atoms with Gasteiger partial charge in [-0.15, -0.1) is 0 Å². The predicted octanol–water partition coefficient (Wildman–Crippen LogP) is 3.38. The molecule has 2 heterocycles. The Morgan fingerprint density at radius 1 is 0.690 bits per heavy atom. The summed E-state index contributed by atoms with van der Waals surface area (Å²) in [5, 5.41) is 20.2. The molecule has 0 aliphatic rings. The average Bonchev–Trinajstić information content (AvgIpc) is 2.64. The number of pyridine rings is 2. The fraction of sp³-hybridized carbons (Fsp3) is 0.